The van der Waals surface area contributed by atoms with Gasteiger partial charge in [0.05, 0.1) is 0 Å². The first kappa shape index (κ1) is 15.3. The molecule has 0 spiro atoms. The molecule has 0 unspecified atom stereocenters. The number of ketones is 1. The summed E-state index contributed by atoms with van der Waals surface area (Å²) in [5, 5.41) is 3.78. The molecule has 1 saturated heterocycles. The van der Waals surface area contributed by atoms with E-state index in [1.54, 1.807) is 0 Å². The molecule has 2 fully saturated rings. The summed E-state index contributed by atoms with van der Waals surface area (Å²) in [6.07, 6.45) is 7.57. The van der Waals surface area contributed by atoms with E-state index in [0.29, 0.717) is 11.5 Å². The summed E-state index contributed by atoms with van der Waals surface area (Å²) in [5.74, 6) is 0.936. The summed E-state index contributed by atoms with van der Waals surface area (Å²) < 4.78 is 0. The van der Waals surface area contributed by atoms with Gasteiger partial charge in [0.15, 0.2) is 5.78 Å². The fraction of sp³-hybridized carbons (Fsp3) is 0.435. The molecule has 1 saturated carbocycles. The maximum Gasteiger partial charge on any atom is 0.193 e. The largest absolute Gasteiger partial charge is 0.313 e. The summed E-state index contributed by atoms with van der Waals surface area (Å²) in [7, 11) is 0. The van der Waals surface area contributed by atoms with Gasteiger partial charge in [0.25, 0.3) is 0 Å². The zero-order valence-electron chi connectivity index (χ0n) is 14.6. The van der Waals surface area contributed by atoms with E-state index in [9.17, 15) is 4.79 Å². The average Bonchev–Trinajstić information content (AvgIpc) is 2.68. The van der Waals surface area contributed by atoms with Gasteiger partial charge in [-0.15, -0.1) is 0 Å². The van der Waals surface area contributed by atoms with E-state index in [0.717, 1.165) is 30.0 Å². The van der Waals surface area contributed by atoms with Crippen molar-refractivity contribution in [2.75, 3.05) is 6.54 Å². The third-order valence-electron chi connectivity index (χ3n) is 6.98. The van der Waals surface area contributed by atoms with Crippen LogP contribution in [-0.2, 0) is 11.8 Å². The Hall–Kier alpha value is -1.93. The lowest BCUT2D eigenvalue weighted by atomic mass is 9.52. The second kappa shape index (κ2) is 5.81. The lowest BCUT2D eigenvalue weighted by Gasteiger charge is -2.56. The molecule has 0 radical (unpaired) electrons. The molecule has 2 bridgehead atoms. The Labute approximate surface area is 149 Å². The molecule has 1 N–H and O–H groups in total. The minimum Gasteiger partial charge on any atom is -0.313 e. The quantitative estimate of drug-likeness (QED) is 0.833. The lowest BCUT2D eigenvalue weighted by molar-refractivity contribution is 0.0791. The summed E-state index contributed by atoms with van der Waals surface area (Å²) in [5.41, 5.74) is 4.87. The second-order valence-electron chi connectivity index (χ2n) is 8.05. The van der Waals surface area contributed by atoms with E-state index in [1.807, 2.05) is 36.4 Å². The van der Waals surface area contributed by atoms with E-state index in [2.05, 4.69) is 17.4 Å². The van der Waals surface area contributed by atoms with E-state index < -0.39 is 0 Å². The van der Waals surface area contributed by atoms with Gasteiger partial charge in [-0.3, -0.25) is 4.79 Å². The number of rotatable bonds is 2. The molecule has 3 aliphatic rings. The van der Waals surface area contributed by atoms with Gasteiger partial charge < -0.3 is 5.32 Å². The van der Waals surface area contributed by atoms with Crippen LogP contribution in [0.1, 0.15) is 59.2 Å². The van der Waals surface area contributed by atoms with Crippen LogP contribution in [0.5, 0.6) is 0 Å². The van der Waals surface area contributed by atoms with Crippen molar-refractivity contribution in [3.8, 4) is 0 Å². The van der Waals surface area contributed by atoms with Gasteiger partial charge in [0, 0.05) is 22.6 Å². The monoisotopic (exact) mass is 331 g/mol. The molecule has 3 atom stereocenters. The molecule has 0 aromatic heterocycles. The third kappa shape index (κ3) is 2.23. The number of nitrogens with one attached hydrogen (secondary N) is 1. The Bertz CT molecular complexity index is 808. The fourth-order valence-corrected chi connectivity index (χ4v) is 5.92. The van der Waals surface area contributed by atoms with Crippen molar-refractivity contribution in [1.29, 1.82) is 0 Å². The smallest absolute Gasteiger partial charge is 0.193 e. The predicted octanol–water partition coefficient (Wildman–Crippen LogP) is 4.26. The van der Waals surface area contributed by atoms with E-state index in [4.69, 9.17) is 0 Å². The average molecular weight is 331 g/mol. The minimum absolute atomic E-state index is 0.182. The Balaban J connectivity index is 1.65. The van der Waals surface area contributed by atoms with Crippen molar-refractivity contribution in [3.63, 3.8) is 0 Å². The Morgan fingerprint density at radius 2 is 1.88 bits per heavy atom. The highest BCUT2D eigenvalue weighted by atomic mass is 16.1. The van der Waals surface area contributed by atoms with Crippen LogP contribution in [0.15, 0.2) is 48.5 Å². The van der Waals surface area contributed by atoms with Gasteiger partial charge in [0.2, 0.25) is 0 Å². The van der Waals surface area contributed by atoms with Crippen molar-refractivity contribution in [1.82, 2.24) is 5.32 Å². The number of carbonyl (C=O) groups excluding carboxylic acids is 1. The number of piperidine rings is 1. The second-order valence-corrected chi connectivity index (χ2v) is 8.05. The maximum absolute atomic E-state index is 13.2. The van der Waals surface area contributed by atoms with Gasteiger partial charge in [0.1, 0.15) is 0 Å². The third-order valence-corrected chi connectivity index (χ3v) is 6.98. The van der Waals surface area contributed by atoms with Crippen molar-refractivity contribution in [3.05, 3.63) is 70.8 Å². The zero-order chi connectivity index (χ0) is 16.9. The van der Waals surface area contributed by atoms with E-state index in [1.165, 1.54) is 43.2 Å². The zero-order valence-corrected chi connectivity index (χ0v) is 14.6. The van der Waals surface area contributed by atoms with Crippen LogP contribution in [0.25, 0.3) is 0 Å². The summed E-state index contributed by atoms with van der Waals surface area (Å²) in [4.78, 5) is 13.2. The molecule has 2 aromatic carbocycles. The highest BCUT2D eigenvalue weighted by Crippen LogP contribution is 2.54. The summed E-state index contributed by atoms with van der Waals surface area (Å²) in [6.45, 7) is 1.12. The van der Waals surface area contributed by atoms with Gasteiger partial charge in [-0.1, -0.05) is 61.4 Å². The van der Waals surface area contributed by atoms with Crippen LogP contribution in [0, 0.1) is 5.92 Å². The van der Waals surface area contributed by atoms with Gasteiger partial charge in [-0.05, 0) is 49.3 Å². The first-order valence-corrected chi connectivity index (χ1v) is 9.75. The molecule has 25 heavy (non-hydrogen) atoms. The molecular formula is C23H25NO. The van der Waals surface area contributed by atoms with Crippen LogP contribution < -0.4 is 5.32 Å². The summed E-state index contributed by atoms with van der Waals surface area (Å²) in [6, 6.07) is 16.8. The normalized spacial score (nSPS) is 30.2. The number of benzene rings is 2. The van der Waals surface area contributed by atoms with Crippen LogP contribution in [0.2, 0.25) is 0 Å². The fourth-order valence-electron chi connectivity index (χ4n) is 5.92. The van der Waals surface area contributed by atoms with Crippen LogP contribution in [0.3, 0.4) is 0 Å². The topological polar surface area (TPSA) is 29.1 Å². The molecule has 5 rings (SSSR count). The molecule has 1 heterocycles. The molecule has 0 amide bonds. The van der Waals surface area contributed by atoms with Gasteiger partial charge in [-0.25, -0.2) is 0 Å². The molecule has 2 heteroatoms. The number of fused-ring (bicyclic) bond motifs is 1. The lowest BCUT2D eigenvalue weighted by Crippen LogP contribution is -2.59. The number of hydrogen-bond donors (Lipinski definition) is 1. The van der Waals surface area contributed by atoms with E-state index in [-0.39, 0.29) is 5.78 Å². The van der Waals surface area contributed by atoms with Gasteiger partial charge >= 0.3 is 0 Å². The molecule has 2 aliphatic carbocycles. The number of hydrogen-bond acceptors (Lipinski definition) is 2. The SMILES string of the molecule is O=C(c1ccccc1)c1cccc2c1C[C@H]1NCC[C@@]23CCCC[C@@H]13. The van der Waals surface area contributed by atoms with Crippen molar-refractivity contribution >= 4 is 5.78 Å². The predicted molar refractivity (Wildman–Crippen MR) is 100 cm³/mol. The van der Waals surface area contributed by atoms with Crippen molar-refractivity contribution in [2.45, 2.75) is 50.0 Å². The van der Waals surface area contributed by atoms with Crippen molar-refractivity contribution < 1.29 is 4.79 Å². The molecular weight excluding hydrogens is 306 g/mol. The minimum atomic E-state index is 0.182. The Kier molecular flexibility index (Phi) is 3.56. The molecule has 128 valence electrons. The van der Waals surface area contributed by atoms with Gasteiger partial charge in [-0.2, -0.15) is 0 Å². The van der Waals surface area contributed by atoms with Crippen LogP contribution in [-0.4, -0.2) is 18.4 Å². The maximum atomic E-state index is 13.2. The first-order chi connectivity index (χ1) is 12.3. The van der Waals surface area contributed by atoms with Crippen LogP contribution >= 0.6 is 0 Å². The Morgan fingerprint density at radius 3 is 2.76 bits per heavy atom. The molecule has 2 aromatic rings. The first-order valence-electron chi connectivity index (χ1n) is 9.75. The van der Waals surface area contributed by atoms with Crippen molar-refractivity contribution in [2.24, 2.45) is 5.92 Å². The molecule has 2 nitrogen and oxygen atoms in total. The Morgan fingerprint density at radius 1 is 1.00 bits per heavy atom. The van der Waals surface area contributed by atoms with Crippen LogP contribution in [0.4, 0.5) is 0 Å². The molecule has 1 aliphatic heterocycles. The highest BCUT2D eigenvalue weighted by molar-refractivity contribution is 6.10. The van der Waals surface area contributed by atoms with E-state index >= 15 is 0 Å². The number of carbonyl (C=O) groups is 1. The summed E-state index contributed by atoms with van der Waals surface area (Å²) >= 11 is 0. The highest BCUT2D eigenvalue weighted by Gasteiger charge is 2.51. The standard InChI is InChI=1S/C23H25NO/c25-22(16-7-2-1-3-8-16)17-9-6-11-19-18(17)15-21-20-10-4-5-12-23(19,20)13-14-24-21/h1-3,6-9,11,20-21,24H,4-5,10,12-15H2/t20-,21+,23-/m0/s1.